The number of benzene rings is 1. The van der Waals surface area contributed by atoms with Crippen LogP contribution in [0.4, 0.5) is 0 Å². The zero-order valence-electron chi connectivity index (χ0n) is 13.2. The van der Waals surface area contributed by atoms with Gasteiger partial charge in [0.1, 0.15) is 6.54 Å². The number of hydrogen-bond donors (Lipinski definition) is 1. The summed E-state index contributed by atoms with van der Waals surface area (Å²) in [5, 5.41) is 10.2. The molecule has 1 N–H and O–H groups in total. The number of pyridine rings is 1. The molecular weight excluding hydrogens is 306 g/mol. The van der Waals surface area contributed by atoms with Crippen molar-refractivity contribution in [1.82, 2.24) is 14.8 Å². The average Bonchev–Trinajstić information content (AvgIpc) is 2.74. The van der Waals surface area contributed by atoms with E-state index in [1.807, 2.05) is 30.3 Å². The molecular formula is C18H19N3O3. The van der Waals surface area contributed by atoms with E-state index in [9.17, 15) is 14.7 Å². The summed E-state index contributed by atoms with van der Waals surface area (Å²) in [6, 6.07) is 12.9. The highest BCUT2D eigenvalue weighted by molar-refractivity contribution is 5.96. The van der Waals surface area contributed by atoms with Gasteiger partial charge in [-0.3, -0.25) is 14.6 Å². The second kappa shape index (κ2) is 7.23. The fourth-order valence-corrected chi connectivity index (χ4v) is 2.78. The van der Waals surface area contributed by atoms with Crippen molar-refractivity contribution in [3.63, 3.8) is 0 Å². The summed E-state index contributed by atoms with van der Waals surface area (Å²) in [5.74, 6) is -0.468. The number of β-amino-alcohol motifs (C(OH)–C–C–N with tert-alkyl or cyclic N) is 1. The quantitative estimate of drug-likeness (QED) is 0.911. The molecule has 124 valence electrons. The molecule has 0 spiro atoms. The molecule has 0 bridgehead atoms. The number of nitrogens with zero attached hydrogens (tertiary/aromatic N) is 3. The molecule has 1 atom stereocenters. The van der Waals surface area contributed by atoms with E-state index < -0.39 is 6.10 Å². The summed E-state index contributed by atoms with van der Waals surface area (Å²) in [6.07, 6.45) is 2.27. The minimum absolute atomic E-state index is 0.0440. The Morgan fingerprint density at radius 3 is 2.67 bits per heavy atom. The first kappa shape index (κ1) is 16.1. The highest BCUT2D eigenvalue weighted by Crippen LogP contribution is 2.13. The highest BCUT2D eigenvalue weighted by atomic mass is 16.3. The number of carbonyl (C=O) groups excluding carboxylic acids is 2. The molecule has 0 saturated carbocycles. The molecule has 2 amide bonds. The van der Waals surface area contributed by atoms with Crippen LogP contribution >= 0.6 is 0 Å². The van der Waals surface area contributed by atoms with Crippen molar-refractivity contribution < 1.29 is 14.7 Å². The van der Waals surface area contributed by atoms with Crippen molar-refractivity contribution >= 4 is 11.8 Å². The fraction of sp³-hybridized carbons (Fsp3) is 0.278. The Hall–Kier alpha value is -2.73. The van der Waals surface area contributed by atoms with E-state index in [2.05, 4.69) is 4.98 Å². The Morgan fingerprint density at radius 1 is 1.17 bits per heavy atom. The molecule has 1 unspecified atom stereocenters. The number of amides is 2. The molecule has 1 fully saturated rings. The van der Waals surface area contributed by atoms with E-state index in [0.717, 1.165) is 5.56 Å². The molecule has 0 radical (unpaired) electrons. The van der Waals surface area contributed by atoms with Crippen molar-refractivity contribution in [2.75, 3.05) is 19.6 Å². The molecule has 1 aromatic carbocycles. The first-order valence-corrected chi connectivity index (χ1v) is 7.82. The summed E-state index contributed by atoms with van der Waals surface area (Å²) < 4.78 is 0. The smallest absolute Gasteiger partial charge is 0.255 e. The van der Waals surface area contributed by atoms with E-state index in [-0.39, 0.29) is 31.4 Å². The van der Waals surface area contributed by atoms with Gasteiger partial charge >= 0.3 is 0 Å². The van der Waals surface area contributed by atoms with Crippen LogP contribution in [0.25, 0.3) is 0 Å². The van der Waals surface area contributed by atoms with Crippen LogP contribution < -0.4 is 0 Å². The van der Waals surface area contributed by atoms with Crippen LogP contribution in [0.15, 0.2) is 54.9 Å². The SMILES string of the molecule is O=C1CN(C(=O)c2cccnc2)CC(O)CN1Cc1ccccc1. The van der Waals surface area contributed by atoms with Crippen LogP contribution in [0.2, 0.25) is 0 Å². The topological polar surface area (TPSA) is 73.7 Å². The first-order valence-electron chi connectivity index (χ1n) is 7.82. The number of aromatic nitrogens is 1. The lowest BCUT2D eigenvalue weighted by Gasteiger charge is -2.22. The predicted molar refractivity (Wildman–Crippen MR) is 88.0 cm³/mol. The third-order valence-corrected chi connectivity index (χ3v) is 3.95. The Kier molecular flexibility index (Phi) is 4.86. The Bertz CT molecular complexity index is 706. The third kappa shape index (κ3) is 3.78. The molecule has 1 aromatic heterocycles. The molecule has 0 aliphatic carbocycles. The summed E-state index contributed by atoms with van der Waals surface area (Å²) in [6.45, 7) is 0.721. The van der Waals surface area contributed by atoms with Crippen molar-refractivity contribution in [1.29, 1.82) is 0 Å². The molecule has 24 heavy (non-hydrogen) atoms. The summed E-state index contributed by atoms with van der Waals surface area (Å²) in [7, 11) is 0. The molecule has 6 heteroatoms. The zero-order chi connectivity index (χ0) is 16.9. The van der Waals surface area contributed by atoms with Crippen molar-refractivity contribution in [2.45, 2.75) is 12.6 Å². The number of rotatable bonds is 3. The van der Waals surface area contributed by atoms with Crippen molar-refractivity contribution in [3.05, 3.63) is 66.0 Å². The standard InChI is InChI=1S/C18H19N3O3/c22-16-11-20(10-14-5-2-1-3-6-14)17(23)13-21(12-16)18(24)15-7-4-8-19-9-15/h1-9,16,22H,10-13H2. The van der Waals surface area contributed by atoms with Crippen LogP contribution in [0.5, 0.6) is 0 Å². The monoisotopic (exact) mass is 325 g/mol. The van der Waals surface area contributed by atoms with Gasteiger partial charge in [-0.25, -0.2) is 0 Å². The van der Waals surface area contributed by atoms with Crippen LogP contribution in [0.1, 0.15) is 15.9 Å². The van der Waals surface area contributed by atoms with Gasteiger partial charge < -0.3 is 14.9 Å². The third-order valence-electron chi connectivity index (χ3n) is 3.95. The Labute approximate surface area is 140 Å². The van der Waals surface area contributed by atoms with Crippen LogP contribution in [0, 0.1) is 0 Å². The van der Waals surface area contributed by atoms with E-state index in [0.29, 0.717) is 12.1 Å². The number of hydrogen-bond acceptors (Lipinski definition) is 4. The van der Waals surface area contributed by atoms with Crippen LogP contribution in [-0.2, 0) is 11.3 Å². The molecule has 1 aliphatic rings. The lowest BCUT2D eigenvalue weighted by Crippen LogP contribution is -2.39. The van der Waals surface area contributed by atoms with Gasteiger partial charge in [-0.15, -0.1) is 0 Å². The highest BCUT2D eigenvalue weighted by Gasteiger charge is 2.29. The Morgan fingerprint density at radius 2 is 1.96 bits per heavy atom. The fourth-order valence-electron chi connectivity index (χ4n) is 2.78. The average molecular weight is 325 g/mol. The molecule has 1 aliphatic heterocycles. The normalized spacial score (nSPS) is 18.4. The number of aliphatic hydroxyl groups is 1. The minimum Gasteiger partial charge on any atom is -0.389 e. The minimum atomic E-state index is -0.777. The number of carbonyl (C=O) groups is 2. The van der Waals surface area contributed by atoms with Crippen molar-refractivity contribution in [2.24, 2.45) is 0 Å². The summed E-state index contributed by atoms with van der Waals surface area (Å²) in [4.78, 5) is 31.9. The molecule has 6 nitrogen and oxygen atoms in total. The molecule has 1 saturated heterocycles. The van der Waals surface area contributed by atoms with Gasteiger partial charge in [0.2, 0.25) is 5.91 Å². The van der Waals surface area contributed by atoms with Gasteiger partial charge in [0, 0.05) is 32.0 Å². The van der Waals surface area contributed by atoms with Gasteiger partial charge in [0.05, 0.1) is 11.7 Å². The molecule has 3 rings (SSSR count). The second-order valence-electron chi connectivity index (χ2n) is 5.84. The maximum absolute atomic E-state index is 12.5. The maximum atomic E-state index is 12.5. The number of aliphatic hydroxyl groups excluding tert-OH is 1. The van der Waals surface area contributed by atoms with E-state index >= 15 is 0 Å². The first-order chi connectivity index (χ1) is 11.6. The molecule has 2 aromatic rings. The lowest BCUT2D eigenvalue weighted by atomic mass is 10.2. The summed E-state index contributed by atoms with van der Waals surface area (Å²) in [5.41, 5.74) is 1.40. The molecule has 2 heterocycles. The van der Waals surface area contributed by atoms with Gasteiger partial charge in [-0.1, -0.05) is 30.3 Å². The van der Waals surface area contributed by atoms with E-state index in [1.165, 1.54) is 11.1 Å². The van der Waals surface area contributed by atoms with E-state index in [1.54, 1.807) is 23.2 Å². The van der Waals surface area contributed by atoms with Gasteiger partial charge in [-0.2, -0.15) is 0 Å². The summed E-state index contributed by atoms with van der Waals surface area (Å²) >= 11 is 0. The van der Waals surface area contributed by atoms with Gasteiger partial charge in [0.25, 0.3) is 5.91 Å². The maximum Gasteiger partial charge on any atom is 0.255 e. The van der Waals surface area contributed by atoms with Crippen LogP contribution in [-0.4, -0.2) is 57.4 Å². The van der Waals surface area contributed by atoms with E-state index in [4.69, 9.17) is 0 Å². The van der Waals surface area contributed by atoms with Crippen molar-refractivity contribution in [3.8, 4) is 0 Å². The Balaban J connectivity index is 1.73. The van der Waals surface area contributed by atoms with Gasteiger partial charge in [0.15, 0.2) is 0 Å². The lowest BCUT2D eigenvalue weighted by molar-refractivity contribution is -0.131. The van der Waals surface area contributed by atoms with Crippen LogP contribution in [0.3, 0.4) is 0 Å². The predicted octanol–water partition coefficient (Wildman–Crippen LogP) is 0.927. The zero-order valence-corrected chi connectivity index (χ0v) is 13.2. The largest absolute Gasteiger partial charge is 0.389 e. The second-order valence-corrected chi connectivity index (χ2v) is 5.84. The van der Waals surface area contributed by atoms with Gasteiger partial charge in [-0.05, 0) is 17.7 Å².